The van der Waals surface area contributed by atoms with Crippen LogP contribution in [0.3, 0.4) is 0 Å². The highest BCUT2D eigenvalue weighted by Crippen LogP contribution is 2.33. The van der Waals surface area contributed by atoms with Crippen molar-refractivity contribution < 1.29 is 9.47 Å². The molecule has 0 radical (unpaired) electrons. The van der Waals surface area contributed by atoms with Gasteiger partial charge in [0.25, 0.3) is 0 Å². The maximum Gasteiger partial charge on any atom is 0.231 e. The molecule has 5 rings (SSSR count). The zero-order valence-corrected chi connectivity index (χ0v) is 21.5. The third kappa shape index (κ3) is 5.63. The molecule has 1 N–H and O–H groups in total. The van der Waals surface area contributed by atoms with Crippen molar-refractivity contribution in [2.45, 2.75) is 59.7 Å². The number of H-pyrrole nitrogens is 1. The number of nitrogens with zero attached hydrogens (tertiary/aromatic N) is 2. The van der Waals surface area contributed by atoms with Crippen LogP contribution in [-0.4, -0.2) is 21.7 Å². The number of aromatic nitrogens is 2. The lowest BCUT2D eigenvalue weighted by Crippen LogP contribution is -2.23. The molecule has 2 heterocycles. The highest BCUT2D eigenvalue weighted by molar-refractivity contribution is 5.55. The van der Waals surface area contributed by atoms with Gasteiger partial charge in [-0.05, 0) is 61.1 Å². The maximum atomic E-state index is 5.64. The third-order valence-electron chi connectivity index (χ3n) is 6.88. The van der Waals surface area contributed by atoms with Gasteiger partial charge in [-0.25, -0.2) is 4.98 Å². The van der Waals surface area contributed by atoms with Crippen LogP contribution in [0.4, 0.5) is 0 Å². The number of rotatable bonds is 10. The van der Waals surface area contributed by atoms with Gasteiger partial charge in [0.1, 0.15) is 5.82 Å². The Morgan fingerprint density at radius 2 is 1.58 bits per heavy atom. The van der Waals surface area contributed by atoms with Crippen LogP contribution in [0.25, 0.3) is 11.4 Å². The fourth-order valence-electron chi connectivity index (χ4n) is 4.71. The molecular formula is C31H35N3O2. The van der Waals surface area contributed by atoms with E-state index in [1.54, 1.807) is 0 Å². The first-order chi connectivity index (χ1) is 17.6. The van der Waals surface area contributed by atoms with Gasteiger partial charge in [0.05, 0.1) is 11.4 Å². The van der Waals surface area contributed by atoms with Crippen molar-refractivity contribution in [1.29, 1.82) is 0 Å². The number of hydrogen-bond donors (Lipinski definition) is 1. The summed E-state index contributed by atoms with van der Waals surface area (Å²) in [6.45, 7) is 9.32. The standard InChI is InChI=1S/C31H35N3O2/c1-4-5-11-27-28(33-31(32-27)26-9-7-6-8-10-26)20-34(18-24-13-12-22(2)23(3)16-24)19-25-14-15-29-30(17-25)36-21-35-29/h6-10,12-17H,4-5,11,18-21H2,1-3H3,(H,32,33). The van der Waals surface area contributed by atoms with Gasteiger partial charge in [0, 0.05) is 25.2 Å². The summed E-state index contributed by atoms with van der Waals surface area (Å²) in [4.78, 5) is 11.2. The van der Waals surface area contributed by atoms with Gasteiger partial charge in [0.2, 0.25) is 6.79 Å². The smallest absolute Gasteiger partial charge is 0.231 e. The Morgan fingerprint density at radius 3 is 2.36 bits per heavy atom. The predicted molar refractivity (Wildman–Crippen MR) is 144 cm³/mol. The second kappa shape index (κ2) is 11.0. The molecule has 1 aliphatic heterocycles. The maximum absolute atomic E-state index is 5.64. The lowest BCUT2D eigenvalue weighted by atomic mass is 10.1. The number of ether oxygens (including phenoxy) is 2. The quantitative estimate of drug-likeness (QED) is 0.266. The summed E-state index contributed by atoms with van der Waals surface area (Å²) < 4.78 is 11.2. The molecular weight excluding hydrogens is 446 g/mol. The fourth-order valence-corrected chi connectivity index (χ4v) is 4.71. The van der Waals surface area contributed by atoms with E-state index in [9.17, 15) is 0 Å². The zero-order chi connectivity index (χ0) is 24.9. The van der Waals surface area contributed by atoms with E-state index in [1.165, 1.54) is 33.6 Å². The van der Waals surface area contributed by atoms with Crippen LogP contribution in [0.2, 0.25) is 0 Å². The highest BCUT2D eigenvalue weighted by Gasteiger charge is 2.18. The molecule has 0 saturated carbocycles. The number of nitrogens with one attached hydrogen (secondary N) is 1. The van der Waals surface area contributed by atoms with Gasteiger partial charge < -0.3 is 14.5 Å². The third-order valence-corrected chi connectivity index (χ3v) is 6.88. The topological polar surface area (TPSA) is 50.4 Å². The number of aromatic amines is 1. The molecule has 3 aromatic carbocycles. The van der Waals surface area contributed by atoms with Crippen molar-refractivity contribution in [1.82, 2.24) is 14.9 Å². The fraction of sp³-hybridized carbons (Fsp3) is 0.323. The molecule has 186 valence electrons. The number of fused-ring (bicyclic) bond motifs is 1. The van der Waals surface area contributed by atoms with Gasteiger partial charge in [-0.1, -0.05) is 67.9 Å². The Morgan fingerprint density at radius 1 is 0.833 bits per heavy atom. The van der Waals surface area contributed by atoms with Crippen LogP contribution in [0.1, 0.15) is 53.4 Å². The molecule has 4 aromatic rings. The summed E-state index contributed by atoms with van der Waals surface area (Å²) in [5.74, 6) is 2.60. The largest absolute Gasteiger partial charge is 0.454 e. The Hall–Kier alpha value is -3.57. The molecule has 0 bridgehead atoms. The molecule has 0 saturated heterocycles. The van der Waals surface area contributed by atoms with E-state index in [1.807, 2.05) is 12.1 Å². The second-order valence-electron chi connectivity index (χ2n) is 9.73. The number of benzene rings is 3. The molecule has 0 spiro atoms. The summed E-state index contributed by atoms with van der Waals surface area (Å²) in [6.07, 6.45) is 3.26. The lowest BCUT2D eigenvalue weighted by Gasteiger charge is -2.23. The number of imidazole rings is 1. The van der Waals surface area contributed by atoms with Gasteiger partial charge in [0.15, 0.2) is 11.5 Å². The van der Waals surface area contributed by atoms with E-state index in [4.69, 9.17) is 14.5 Å². The Labute approximate surface area is 214 Å². The number of unbranched alkanes of at least 4 members (excludes halogenated alkanes) is 1. The van der Waals surface area contributed by atoms with Crippen molar-refractivity contribution in [3.8, 4) is 22.9 Å². The molecule has 0 fully saturated rings. The Kier molecular flexibility index (Phi) is 7.38. The molecule has 1 aromatic heterocycles. The molecule has 0 unspecified atom stereocenters. The minimum atomic E-state index is 0.294. The van der Waals surface area contributed by atoms with Crippen molar-refractivity contribution in [2.24, 2.45) is 0 Å². The van der Waals surface area contributed by atoms with Gasteiger partial charge in [-0.2, -0.15) is 0 Å². The SMILES string of the molecule is CCCCc1nc(-c2ccccc2)[nH]c1CN(Cc1ccc(C)c(C)c1)Cc1ccc2c(c1)OCO2. The average molecular weight is 482 g/mol. The van der Waals surface area contributed by atoms with Crippen LogP contribution < -0.4 is 9.47 Å². The monoisotopic (exact) mass is 481 g/mol. The van der Waals surface area contributed by atoms with E-state index >= 15 is 0 Å². The molecule has 5 heteroatoms. The number of aryl methyl sites for hydroxylation is 3. The summed E-state index contributed by atoms with van der Waals surface area (Å²) in [7, 11) is 0. The van der Waals surface area contributed by atoms with Crippen molar-refractivity contribution in [2.75, 3.05) is 6.79 Å². The minimum absolute atomic E-state index is 0.294. The van der Waals surface area contributed by atoms with Crippen LogP contribution >= 0.6 is 0 Å². The molecule has 0 amide bonds. The van der Waals surface area contributed by atoms with Crippen LogP contribution in [0.5, 0.6) is 11.5 Å². The molecule has 1 aliphatic rings. The van der Waals surface area contributed by atoms with E-state index in [-0.39, 0.29) is 0 Å². The summed E-state index contributed by atoms with van der Waals surface area (Å²) in [5.41, 5.74) is 8.67. The Bertz CT molecular complexity index is 1310. The van der Waals surface area contributed by atoms with E-state index in [0.717, 1.165) is 61.8 Å². The first-order valence-corrected chi connectivity index (χ1v) is 12.9. The first kappa shape index (κ1) is 24.1. The van der Waals surface area contributed by atoms with Crippen LogP contribution in [0, 0.1) is 13.8 Å². The van der Waals surface area contributed by atoms with Gasteiger partial charge >= 0.3 is 0 Å². The van der Waals surface area contributed by atoms with Gasteiger partial charge in [-0.3, -0.25) is 4.90 Å². The van der Waals surface area contributed by atoms with Crippen molar-refractivity contribution >= 4 is 0 Å². The molecule has 0 atom stereocenters. The predicted octanol–water partition coefficient (Wildman–Crippen LogP) is 6.97. The van der Waals surface area contributed by atoms with E-state index in [0.29, 0.717) is 6.79 Å². The second-order valence-corrected chi connectivity index (χ2v) is 9.73. The summed E-state index contributed by atoms with van der Waals surface area (Å²) in [5, 5.41) is 0. The molecule has 36 heavy (non-hydrogen) atoms. The summed E-state index contributed by atoms with van der Waals surface area (Å²) >= 11 is 0. The minimum Gasteiger partial charge on any atom is -0.454 e. The van der Waals surface area contributed by atoms with Crippen LogP contribution in [0.15, 0.2) is 66.7 Å². The Balaban J connectivity index is 1.45. The van der Waals surface area contributed by atoms with E-state index < -0.39 is 0 Å². The molecule has 0 aliphatic carbocycles. The summed E-state index contributed by atoms with van der Waals surface area (Å²) in [6, 6.07) is 23.4. The highest BCUT2D eigenvalue weighted by atomic mass is 16.7. The van der Waals surface area contributed by atoms with E-state index in [2.05, 4.69) is 85.3 Å². The molecule has 5 nitrogen and oxygen atoms in total. The first-order valence-electron chi connectivity index (χ1n) is 12.9. The zero-order valence-electron chi connectivity index (χ0n) is 21.5. The average Bonchev–Trinajstić information content (AvgIpc) is 3.52. The van der Waals surface area contributed by atoms with Crippen molar-refractivity contribution in [3.63, 3.8) is 0 Å². The lowest BCUT2D eigenvalue weighted by molar-refractivity contribution is 0.174. The van der Waals surface area contributed by atoms with Gasteiger partial charge in [-0.15, -0.1) is 0 Å². The van der Waals surface area contributed by atoms with Crippen LogP contribution in [-0.2, 0) is 26.1 Å². The van der Waals surface area contributed by atoms with Crippen molar-refractivity contribution in [3.05, 3.63) is 100 Å². The normalized spacial score (nSPS) is 12.4. The number of hydrogen-bond acceptors (Lipinski definition) is 4.